The molecule has 0 radical (unpaired) electrons. The number of carbonyl (C=O) groups excluding carboxylic acids is 2. The lowest BCUT2D eigenvalue weighted by atomic mass is 10.1. The molecule has 0 aliphatic carbocycles. The van der Waals surface area contributed by atoms with Crippen LogP contribution in [-0.4, -0.2) is 73.5 Å². The Bertz CT molecular complexity index is 1290. The van der Waals surface area contributed by atoms with Crippen LogP contribution in [0.25, 0.3) is 11.0 Å². The summed E-state index contributed by atoms with van der Waals surface area (Å²) in [7, 11) is 0. The molecule has 13 heteroatoms. The maximum Gasteiger partial charge on any atom is 0.407 e. The number of anilines is 1. The van der Waals surface area contributed by atoms with Crippen molar-refractivity contribution in [3.8, 4) is 5.75 Å². The zero-order valence-corrected chi connectivity index (χ0v) is 19.1. The fraction of sp³-hybridized carbons (Fsp3) is 0.273. The van der Waals surface area contributed by atoms with Gasteiger partial charge in [0.1, 0.15) is 24.0 Å². The molecule has 1 saturated heterocycles. The van der Waals surface area contributed by atoms with Crippen molar-refractivity contribution in [2.75, 3.05) is 25.0 Å². The van der Waals surface area contributed by atoms with E-state index >= 15 is 0 Å². The van der Waals surface area contributed by atoms with E-state index in [1.165, 1.54) is 0 Å². The lowest BCUT2D eigenvalue weighted by Gasteiger charge is -2.22. The van der Waals surface area contributed by atoms with Crippen molar-refractivity contribution in [2.24, 2.45) is 0 Å². The van der Waals surface area contributed by atoms with E-state index in [0.717, 1.165) is 22.2 Å². The van der Waals surface area contributed by atoms with Gasteiger partial charge in [0.2, 0.25) is 0 Å². The van der Waals surface area contributed by atoms with Gasteiger partial charge in [0.15, 0.2) is 5.37 Å². The van der Waals surface area contributed by atoms with Crippen molar-refractivity contribution in [2.45, 2.75) is 17.9 Å². The molecule has 4 rings (SSSR count). The van der Waals surface area contributed by atoms with Crippen LogP contribution < -0.4 is 21.1 Å². The number of benzene rings is 2. The molecule has 6 N–H and O–H groups in total. The van der Waals surface area contributed by atoms with Crippen LogP contribution in [-0.2, 0) is 11.2 Å². The van der Waals surface area contributed by atoms with Gasteiger partial charge in [-0.05, 0) is 48.0 Å². The van der Waals surface area contributed by atoms with Crippen LogP contribution in [0.2, 0.25) is 0 Å². The fourth-order valence-electron chi connectivity index (χ4n) is 3.54. The number of ether oxygens (including phenoxy) is 1. The summed E-state index contributed by atoms with van der Waals surface area (Å²) >= 11 is 0.866. The number of hydrogen-bond acceptors (Lipinski definition) is 8. The zero-order chi connectivity index (χ0) is 24.9. The number of aromatic amines is 2. The molecule has 184 valence electrons. The minimum atomic E-state index is -1.17. The molecule has 35 heavy (non-hydrogen) atoms. The molecule has 3 amide bonds. The minimum absolute atomic E-state index is 0.148. The molecule has 2 aromatic carbocycles. The lowest BCUT2D eigenvalue weighted by Crippen LogP contribution is -2.40. The molecule has 12 nitrogen and oxygen atoms in total. The summed E-state index contributed by atoms with van der Waals surface area (Å²) in [6, 6.07) is 12.1. The molecular formula is C22H23N5O7S. The number of rotatable bonds is 10. The number of nitrogens with one attached hydrogen (secondary N) is 4. The Kier molecular flexibility index (Phi) is 7.27. The molecule has 1 aromatic heterocycles. The highest BCUT2D eigenvalue weighted by Crippen LogP contribution is 2.22. The zero-order valence-electron chi connectivity index (χ0n) is 18.3. The number of aliphatic hydroxyl groups excluding tert-OH is 1. The van der Waals surface area contributed by atoms with Crippen LogP contribution in [0.5, 0.6) is 5.75 Å². The molecule has 0 spiro atoms. The predicted molar refractivity (Wildman–Crippen MR) is 129 cm³/mol. The molecule has 0 bridgehead atoms. The Hall–Kier alpha value is -3.97. The van der Waals surface area contributed by atoms with Crippen molar-refractivity contribution in [1.29, 1.82) is 0 Å². The van der Waals surface area contributed by atoms with Crippen molar-refractivity contribution >= 4 is 45.7 Å². The van der Waals surface area contributed by atoms with E-state index in [1.807, 2.05) is 0 Å². The summed E-state index contributed by atoms with van der Waals surface area (Å²) in [4.78, 5) is 52.4. The summed E-state index contributed by atoms with van der Waals surface area (Å²) in [5.41, 5.74) is 2.16. The van der Waals surface area contributed by atoms with Gasteiger partial charge >= 0.3 is 11.8 Å². The summed E-state index contributed by atoms with van der Waals surface area (Å²) < 4.78 is 5.60. The number of imide groups is 1. The van der Waals surface area contributed by atoms with Crippen LogP contribution >= 0.6 is 11.8 Å². The molecule has 1 unspecified atom stereocenters. The Balaban J connectivity index is 1.28. The SMILES string of the molecule is O=C1NC(=O)C(Nc2ccc(CCN(C[C@@H](O)COc3cccc4[nH]c(=O)[nH]c34)C(=O)O)cc2)S1. The van der Waals surface area contributed by atoms with Gasteiger partial charge in [-0.2, -0.15) is 0 Å². The topological polar surface area (TPSA) is 177 Å². The van der Waals surface area contributed by atoms with Crippen molar-refractivity contribution < 1.29 is 29.3 Å². The van der Waals surface area contributed by atoms with E-state index in [-0.39, 0.29) is 25.4 Å². The number of carboxylic acid groups (broad SMARTS) is 1. The third-order valence-corrected chi connectivity index (χ3v) is 6.14. The molecule has 1 aliphatic heterocycles. The number of imidazole rings is 1. The minimum Gasteiger partial charge on any atom is -0.489 e. The number of amides is 3. The average Bonchev–Trinajstić information content (AvgIpc) is 3.36. The molecule has 2 heterocycles. The fourth-order valence-corrected chi connectivity index (χ4v) is 4.28. The van der Waals surface area contributed by atoms with Crippen LogP contribution in [0.1, 0.15) is 5.56 Å². The Morgan fingerprint density at radius 1 is 1.14 bits per heavy atom. The molecular weight excluding hydrogens is 478 g/mol. The Labute approximate surface area is 202 Å². The van der Waals surface area contributed by atoms with Gasteiger partial charge in [0.25, 0.3) is 11.1 Å². The monoisotopic (exact) mass is 501 g/mol. The predicted octanol–water partition coefficient (Wildman–Crippen LogP) is 1.54. The number of thioether (sulfide) groups is 1. The van der Waals surface area contributed by atoms with E-state index in [2.05, 4.69) is 20.6 Å². The quantitative estimate of drug-likeness (QED) is 0.240. The van der Waals surface area contributed by atoms with Gasteiger partial charge in [0.05, 0.1) is 12.1 Å². The standard InChI is InChI=1S/C22H23N5O7S/c28-14(11-34-16-3-1-2-15-17(16)25-20(30)24-15)10-27(22(32)33)9-8-12-4-6-13(7-5-12)23-19-18(29)26-21(31)35-19/h1-7,14,19,23,28H,8-11H2,(H,32,33)(H2,24,25,30)(H,26,29,31)/t14-,19?/m1/s1. The number of hydrogen-bond donors (Lipinski definition) is 6. The van der Waals surface area contributed by atoms with Crippen molar-refractivity contribution in [3.63, 3.8) is 0 Å². The van der Waals surface area contributed by atoms with Crippen molar-refractivity contribution in [3.05, 3.63) is 58.5 Å². The van der Waals surface area contributed by atoms with Crippen LogP contribution in [0.4, 0.5) is 15.3 Å². The van der Waals surface area contributed by atoms with Crippen LogP contribution in [0.3, 0.4) is 0 Å². The first kappa shape index (κ1) is 24.2. The molecule has 2 atom stereocenters. The summed E-state index contributed by atoms with van der Waals surface area (Å²) in [5, 5.41) is 23.9. The first-order valence-corrected chi connectivity index (χ1v) is 11.5. The highest BCUT2D eigenvalue weighted by molar-refractivity contribution is 8.15. The number of fused-ring (bicyclic) bond motifs is 1. The largest absolute Gasteiger partial charge is 0.489 e. The third-order valence-electron chi connectivity index (χ3n) is 5.26. The number of nitrogens with zero attached hydrogens (tertiary/aromatic N) is 1. The van der Waals surface area contributed by atoms with E-state index in [4.69, 9.17) is 4.74 Å². The second-order valence-electron chi connectivity index (χ2n) is 7.82. The summed E-state index contributed by atoms with van der Waals surface area (Å²) in [6.45, 7) is -0.169. The first-order chi connectivity index (χ1) is 16.8. The van der Waals surface area contributed by atoms with Gasteiger partial charge in [-0.1, -0.05) is 18.2 Å². The second-order valence-corrected chi connectivity index (χ2v) is 8.90. The summed E-state index contributed by atoms with van der Waals surface area (Å²) in [5.74, 6) is -0.0323. The number of para-hydroxylation sites is 1. The van der Waals surface area contributed by atoms with Crippen molar-refractivity contribution in [1.82, 2.24) is 20.2 Å². The van der Waals surface area contributed by atoms with E-state index in [9.17, 15) is 29.4 Å². The average molecular weight is 502 g/mol. The van der Waals surface area contributed by atoms with Gasteiger partial charge < -0.3 is 35.1 Å². The normalized spacial score (nSPS) is 16.2. The lowest BCUT2D eigenvalue weighted by molar-refractivity contribution is -0.118. The van der Waals surface area contributed by atoms with Gasteiger partial charge in [0, 0.05) is 12.2 Å². The van der Waals surface area contributed by atoms with Gasteiger partial charge in [-0.25, -0.2) is 9.59 Å². The van der Waals surface area contributed by atoms with E-state index < -0.39 is 28.7 Å². The van der Waals surface area contributed by atoms with Crippen LogP contribution in [0, 0.1) is 0 Å². The highest BCUT2D eigenvalue weighted by Gasteiger charge is 2.31. The second kappa shape index (κ2) is 10.5. The van der Waals surface area contributed by atoms with Gasteiger partial charge in [-0.15, -0.1) is 0 Å². The third kappa shape index (κ3) is 6.13. The smallest absolute Gasteiger partial charge is 0.407 e. The summed E-state index contributed by atoms with van der Waals surface area (Å²) in [6.07, 6.45) is -1.86. The molecule has 1 aliphatic rings. The van der Waals surface area contributed by atoms with E-state index in [0.29, 0.717) is 28.9 Å². The first-order valence-electron chi connectivity index (χ1n) is 10.6. The van der Waals surface area contributed by atoms with E-state index in [1.54, 1.807) is 42.5 Å². The maximum atomic E-state index is 11.7. The number of H-pyrrole nitrogens is 2. The van der Waals surface area contributed by atoms with Crippen LogP contribution in [0.15, 0.2) is 47.3 Å². The Morgan fingerprint density at radius 3 is 2.60 bits per heavy atom. The highest BCUT2D eigenvalue weighted by atomic mass is 32.2. The maximum absolute atomic E-state index is 11.7. The number of carbonyl (C=O) groups is 3. The molecule has 0 saturated carbocycles. The Morgan fingerprint density at radius 2 is 1.91 bits per heavy atom. The number of aromatic nitrogens is 2. The molecule has 1 fully saturated rings. The molecule has 3 aromatic rings. The number of aliphatic hydroxyl groups is 1. The van der Waals surface area contributed by atoms with Gasteiger partial charge in [-0.3, -0.25) is 14.9 Å².